The van der Waals surface area contributed by atoms with Crippen molar-refractivity contribution in [3.8, 4) is 0 Å². The number of rotatable bonds is 2. The number of aliphatic hydroxyl groups excluding tert-OH is 2. The van der Waals surface area contributed by atoms with E-state index in [-0.39, 0.29) is 13.0 Å². The van der Waals surface area contributed by atoms with Gasteiger partial charge in [-0.05, 0) is 6.92 Å². The van der Waals surface area contributed by atoms with Crippen molar-refractivity contribution in [2.24, 2.45) is 0 Å². The molecule has 0 aromatic carbocycles. The van der Waals surface area contributed by atoms with Gasteiger partial charge in [-0.2, -0.15) is 0 Å². The summed E-state index contributed by atoms with van der Waals surface area (Å²) >= 11 is 0. The average Bonchev–Trinajstić information content (AvgIpc) is 2.77. The Morgan fingerprint density at radius 1 is 1.47 bits per heavy atom. The largest absolute Gasteiger partial charge is 0.394 e. The minimum absolute atomic E-state index is 0.205. The van der Waals surface area contributed by atoms with E-state index < -0.39 is 29.7 Å². The second kappa shape index (κ2) is 6.65. The maximum absolute atomic E-state index is 11.6. The molecule has 2 heterocycles. The van der Waals surface area contributed by atoms with Crippen molar-refractivity contribution in [3.05, 3.63) is 32.6 Å². The second-order valence-electron chi connectivity index (χ2n) is 4.09. The van der Waals surface area contributed by atoms with Crippen LogP contribution in [0.2, 0.25) is 0 Å². The molecular weight excluding hydrogens is 252 g/mol. The maximum Gasteiger partial charge on any atom is 0.330 e. The molecule has 0 amide bonds. The first-order valence-corrected chi connectivity index (χ1v) is 6.29. The molecule has 1 aliphatic rings. The monoisotopic (exact) mass is 272 g/mol. The third kappa shape index (κ3) is 3.31. The Balaban J connectivity index is 0.000000861. The topological polar surface area (TPSA) is 105 Å². The van der Waals surface area contributed by atoms with Gasteiger partial charge in [-0.1, -0.05) is 13.8 Å². The van der Waals surface area contributed by atoms with Crippen molar-refractivity contribution < 1.29 is 14.9 Å². The number of aliphatic hydroxyl groups is 2. The van der Waals surface area contributed by atoms with Gasteiger partial charge in [0.15, 0.2) is 0 Å². The van der Waals surface area contributed by atoms with Crippen molar-refractivity contribution in [2.45, 2.75) is 45.6 Å². The molecule has 1 fully saturated rings. The Kier molecular flexibility index (Phi) is 5.46. The van der Waals surface area contributed by atoms with Crippen LogP contribution in [-0.2, 0) is 4.74 Å². The lowest BCUT2D eigenvalue weighted by Crippen LogP contribution is -2.33. The minimum atomic E-state index is -0.816. The molecule has 3 N–H and O–H groups in total. The van der Waals surface area contributed by atoms with Gasteiger partial charge >= 0.3 is 5.69 Å². The van der Waals surface area contributed by atoms with Crippen LogP contribution in [0.5, 0.6) is 0 Å². The van der Waals surface area contributed by atoms with E-state index in [0.717, 1.165) is 0 Å². The standard InChI is InChI=1S/C10H14N2O5.C2H6/c1-5-3-12(10(16)11-9(5)15)8-2-6(14)7(4-13)17-8;1-2/h3,6-8,13-14H,2,4H2,1H3,(H,11,15,16);1-2H3. The number of aromatic nitrogens is 2. The van der Waals surface area contributed by atoms with Crippen molar-refractivity contribution in [3.63, 3.8) is 0 Å². The third-order valence-electron chi connectivity index (χ3n) is 2.84. The molecule has 1 aromatic heterocycles. The number of hydrogen-bond donors (Lipinski definition) is 3. The summed E-state index contributed by atoms with van der Waals surface area (Å²) in [4.78, 5) is 24.9. The normalized spacial score (nSPS) is 25.8. The molecule has 0 saturated carbocycles. The van der Waals surface area contributed by atoms with Crippen LogP contribution < -0.4 is 11.2 Å². The van der Waals surface area contributed by atoms with Crippen LogP contribution in [0, 0.1) is 6.92 Å². The zero-order valence-corrected chi connectivity index (χ0v) is 11.3. The smallest absolute Gasteiger partial charge is 0.330 e. The fourth-order valence-electron chi connectivity index (χ4n) is 1.85. The van der Waals surface area contributed by atoms with Gasteiger partial charge in [-0.25, -0.2) is 4.79 Å². The molecule has 7 heteroatoms. The van der Waals surface area contributed by atoms with E-state index in [1.54, 1.807) is 6.92 Å². The lowest BCUT2D eigenvalue weighted by atomic mass is 10.2. The molecule has 1 aliphatic heterocycles. The molecule has 3 unspecified atom stereocenters. The third-order valence-corrected chi connectivity index (χ3v) is 2.84. The van der Waals surface area contributed by atoms with E-state index in [2.05, 4.69) is 4.98 Å². The van der Waals surface area contributed by atoms with E-state index in [1.807, 2.05) is 13.8 Å². The van der Waals surface area contributed by atoms with E-state index in [9.17, 15) is 14.7 Å². The predicted molar refractivity (Wildman–Crippen MR) is 69.0 cm³/mol. The van der Waals surface area contributed by atoms with Gasteiger partial charge in [0.25, 0.3) is 5.56 Å². The van der Waals surface area contributed by atoms with E-state index in [0.29, 0.717) is 5.56 Å². The van der Waals surface area contributed by atoms with Crippen LogP contribution in [-0.4, -0.2) is 38.6 Å². The highest BCUT2D eigenvalue weighted by atomic mass is 16.5. The van der Waals surface area contributed by atoms with Gasteiger partial charge in [0.1, 0.15) is 12.3 Å². The molecule has 1 aromatic rings. The Bertz CT molecular complexity index is 522. The lowest BCUT2D eigenvalue weighted by molar-refractivity contribution is -0.0459. The number of hydrogen-bond acceptors (Lipinski definition) is 5. The van der Waals surface area contributed by atoms with Crippen LogP contribution in [0.25, 0.3) is 0 Å². The van der Waals surface area contributed by atoms with E-state index >= 15 is 0 Å². The molecule has 0 radical (unpaired) electrons. The SMILES string of the molecule is CC.Cc1cn(C2CC(O)C(CO)O2)c(=O)[nH]c1=O. The summed E-state index contributed by atoms with van der Waals surface area (Å²) in [5, 5.41) is 18.5. The summed E-state index contributed by atoms with van der Waals surface area (Å²) < 4.78 is 6.54. The van der Waals surface area contributed by atoms with Crippen LogP contribution in [0.15, 0.2) is 15.8 Å². The number of nitrogens with zero attached hydrogens (tertiary/aromatic N) is 1. The van der Waals surface area contributed by atoms with Crippen LogP contribution in [0.3, 0.4) is 0 Å². The molecule has 2 rings (SSSR count). The number of nitrogens with one attached hydrogen (secondary N) is 1. The molecular formula is C12H20N2O5. The fraction of sp³-hybridized carbons (Fsp3) is 0.667. The average molecular weight is 272 g/mol. The summed E-state index contributed by atoms with van der Waals surface area (Å²) in [6.45, 7) is 5.26. The lowest BCUT2D eigenvalue weighted by Gasteiger charge is -2.14. The molecule has 19 heavy (non-hydrogen) atoms. The first-order chi connectivity index (χ1) is 9.02. The second-order valence-corrected chi connectivity index (χ2v) is 4.09. The predicted octanol–water partition coefficient (Wildman–Crippen LogP) is -0.488. The van der Waals surface area contributed by atoms with Crippen molar-refractivity contribution >= 4 is 0 Å². The molecule has 3 atom stereocenters. The first-order valence-electron chi connectivity index (χ1n) is 6.29. The van der Waals surface area contributed by atoms with Crippen LogP contribution in [0.4, 0.5) is 0 Å². The van der Waals surface area contributed by atoms with Gasteiger partial charge in [0.05, 0.1) is 12.7 Å². The van der Waals surface area contributed by atoms with Gasteiger partial charge < -0.3 is 14.9 Å². The number of H-pyrrole nitrogens is 1. The van der Waals surface area contributed by atoms with Gasteiger partial charge in [-0.3, -0.25) is 14.3 Å². The zero-order chi connectivity index (χ0) is 14.6. The summed E-state index contributed by atoms with van der Waals surface area (Å²) in [6, 6.07) is 0. The summed E-state index contributed by atoms with van der Waals surface area (Å²) in [5.74, 6) is 0. The molecule has 108 valence electrons. The Labute approximate surface area is 110 Å². The number of aryl methyl sites for hydroxylation is 1. The minimum Gasteiger partial charge on any atom is -0.394 e. The number of aromatic amines is 1. The first kappa shape index (κ1) is 15.6. The highest BCUT2D eigenvalue weighted by Crippen LogP contribution is 2.27. The Morgan fingerprint density at radius 3 is 2.63 bits per heavy atom. The van der Waals surface area contributed by atoms with E-state index in [1.165, 1.54) is 10.8 Å². The van der Waals surface area contributed by atoms with Crippen LogP contribution >= 0.6 is 0 Å². The van der Waals surface area contributed by atoms with Crippen molar-refractivity contribution in [1.82, 2.24) is 9.55 Å². The highest BCUT2D eigenvalue weighted by molar-refractivity contribution is 5.02. The maximum atomic E-state index is 11.6. The van der Waals surface area contributed by atoms with Gasteiger partial charge in [0, 0.05) is 18.2 Å². The highest BCUT2D eigenvalue weighted by Gasteiger charge is 2.34. The fourth-order valence-corrected chi connectivity index (χ4v) is 1.85. The summed E-state index contributed by atoms with van der Waals surface area (Å²) in [5.41, 5.74) is -0.643. The molecule has 0 aliphatic carbocycles. The quantitative estimate of drug-likeness (QED) is 0.674. The number of ether oxygens (including phenoxy) is 1. The molecule has 7 nitrogen and oxygen atoms in total. The van der Waals surface area contributed by atoms with Gasteiger partial charge in [-0.15, -0.1) is 0 Å². The van der Waals surface area contributed by atoms with Crippen molar-refractivity contribution in [2.75, 3.05) is 6.61 Å². The molecule has 0 spiro atoms. The van der Waals surface area contributed by atoms with Gasteiger partial charge in [0.2, 0.25) is 0 Å². The molecule has 0 bridgehead atoms. The van der Waals surface area contributed by atoms with Crippen LogP contribution in [0.1, 0.15) is 32.1 Å². The molecule has 1 saturated heterocycles. The Morgan fingerprint density at radius 2 is 2.11 bits per heavy atom. The van der Waals surface area contributed by atoms with Crippen molar-refractivity contribution in [1.29, 1.82) is 0 Å². The van der Waals surface area contributed by atoms with E-state index in [4.69, 9.17) is 9.84 Å². The summed E-state index contributed by atoms with van der Waals surface area (Å²) in [7, 11) is 0. The zero-order valence-electron chi connectivity index (χ0n) is 11.3. The summed E-state index contributed by atoms with van der Waals surface area (Å²) in [6.07, 6.45) is -0.581. The Hall–Kier alpha value is -1.44.